The van der Waals surface area contributed by atoms with Crippen LogP contribution in [0.25, 0.3) is 44.2 Å². The molecule has 0 aliphatic rings. The third-order valence-corrected chi connectivity index (χ3v) is 8.58. The Hall–Kier alpha value is -6.06. The van der Waals surface area contributed by atoms with Gasteiger partial charge in [-0.05, 0) is 89.2 Å². The molecule has 3 nitrogen and oxygen atoms in total. The Morgan fingerprint density at radius 3 is 2.12 bits per heavy atom. The molecular weight excluding hydrogens is 595 g/mol. The van der Waals surface area contributed by atoms with Crippen LogP contribution in [0.1, 0.15) is 36.1 Å². The molecule has 0 radical (unpaired) electrons. The normalized spacial score (nSPS) is 10.9. The molecule has 1 heterocycles. The first-order chi connectivity index (χ1) is 23.9. The van der Waals surface area contributed by atoms with Gasteiger partial charge in [0.2, 0.25) is 0 Å². The van der Waals surface area contributed by atoms with Crippen LogP contribution in [0.5, 0.6) is 0 Å². The summed E-state index contributed by atoms with van der Waals surface area (Å²) in [6, 6.07) is 44.3. The van der Waals surface area contributed by atoms with Crippen molar-refractivity contribution in [1.29, 1.82) is 0 Å². The second-order valence-corrected chi connectivity index (χ2v) is 11.8. The fraction of sp³-hybridized carbons (Fsp3) is 0.0870. The lowest BCUT2D eigenvalue weighted by Crippen LogP contribution is -1.97. The van der Waals surface area contributed by atoms with E-state index in [9.17, 15) is 0 Å². The number of rotatable bonds is 7. The summed E-state index contributed by atoms with van der Waals surface area (Å²) in [5.41, 5.74) is 17.4. The van der Waals surface area contributed by atoms with Gasteiger partial charge in [-0.1, -0.05) is 135 Å². The second-order valence-electron chi connectivity index (χ2n) is 11.8. The number of benzene rings is 6. The molecule has 6 aromatic carbocycles. The maximum Gasteiger partial charge on any atom is 0.0734 e. The molecule has 1 aromatic heterocycles. The fourth-order valence-electron chi connectivity index (χ4n) is 6.16. The lowest BCUT2D eigenvalue weighted by atomic mass is 9.97. The number of hydrogen-bond acceptors (Lipinski definition) is 2. The van der Waals surface area contributed by atoms with Crippen LogP contribution in [-0.4, -0.2) is 4.57 Å². The topological polar surface area (TPSA) is 43.0 Å². The van der Waals surface area contributed by atoms with Gasteiger partial charge in [-0.15, -0.1) is 6.58 Å². The van der Waals surface area contributed by atoms with Crippen molar-refractivity contribution in [3.05, 3.63) is 188 Å². The number of allylic oxidation sites excluding steroid dienone is 4. The van der Waals surface area contributed by atoms with Crippen LogP contribution in [-0.2, 0) is 13.5 Å². The van der Waals surface area contributed by atoms with Gasteiger partial charge in [0.15, 0.2) is 0 Å². The SMILES string of the molecule is C=C/C(=C\C)c1ccc2cc(Cc3ccccc3N)ccc2c1.C=CC.C=Cc1ccc2c3ccccc3n(C)c2c1Nc1ccccc1. The third-order valence-electron chi connectivity index (χ3n) is 8.58. The number of hydrogen-bond donors (Lipinski definition) is 2. The number of nitrogen functional groups attached to an aromatic ring is 1. The Labute approximate surface area is 291 Å². The molecule has 0 atom stereocenters. The van der Waals surface area contributed by atoms with Crippen LogP contribution in [0, 0.1) is 0 Å². The van der Waals surface area contributed by atoms with Gasteiger partial charge in [0.25, 0.3) is 0 Å². The maximum absolute atomic E-state index is 6.05. The molecule has 3 N–H and O–H groups in total. The van der Waals surface area contributed by atoms with E-state index in [1.807, 2.05) is 62.4 Å². The summed E-state index contributed by atoms with van der Waals surface area (Å²) in [7, 11) is 2.12. The molecule has 49 heavy (non-hydrogen) atoms. The zero-order valence-corrected chi connectivity index (χ0v) is 28.8. The van der Waals surface area contributed by atoms with E-state index in [0.29, 0.717) is 0 Å². The van der Waals surface area contributed by atoms with Crippen molar-refractivity contribution in [1.82, 2.24) is 4.57 Å². The van der Waals surface area contributed by atoms with E-state index < -0.39 is 0 Å². The number of fused-ring (bicyclic) bond motifs is 4. The van der Waals surface area contributed by atoms with Crippen LogP contribution < -0.4 is 11.1 Å². The lowest BCUT2D eigenvalue weighted by molar-refractivity contribution is 1.01. The molecule has 0 unspecified atom stereocenters. The zero-order chi connectivity index (χ0) is 34.8. The van der Waals surface area contributed by atoms with Crippen molar-refractivity contribution < 1.29 is 0 Å². The van der Waals surface area contributed by atoms with Crippen LogP contribution in [0.3, 0.4) is 0 Å². The van der Waals surface area contributed by atoms with Gasteiger partial charge in [-0.3, -0.25) is 0 Å². The van der Waals surface area contributed by atoms with Gasteiger partial charge in [0.05, 0.1) is 11.2 Å². The molecule has 7 rings (SSSR count). The van der Waals surface area contributed by atoms with E-state index in [2.05, 4.69) is 134 Å². The summed E-state index contributed by atoms with van der Waals surface area (Å²) in [4.78, 5) is 0. The van der Waals surface area contributed by atoms with E-state index >= 15 is 0 Å². The average Bonchev–Trinajstić information content (AvgIpc) is 3.42. The Morgan fingerprint density at radius 1 is 0.735 bits per heavy atom. The summed E-state index contributed by atoms with van der Waals surface area (Å²) in [5.74, 6) is 0. The van der Waals surface area contributed by atoms with Crippen LogP contribution in [0.4, 0.5) is 17.1 Å². The first-order valence-corrected chi connectivity index (χ1v) is 16.6. The molecule has 0 saturated heterocycles. The van der Waals surface area contributed by atoms with Gasteiger partial charge in [0.1, 0.15) is 0 Å². The highest BCUT2D eigenvalue weighted by molar-refractivity contribution is 6.13. The van der Waals surface area contributed by atoms with Gasteiger partial charge >= 0.3 is 0 Å². The number of aromatic nitrogens is 1. The molecular formula is C46H45N3. The summed E-state index contributed by atoms with van der Waals surface area (Å²) in [5, 5.41) is 8.60. The lowest BCUT2D eigenvalue weighted by Gasteiger charge is -2.13. The largest absolute Gasteiger partial charge is 0.398 e. The minimum Gasteiger partial charge on any atom is -0.398 e. The smallest absolute Gasteiger partial charge is 0.0734 e. The number of nitrogens with two attached hydrogens (primary N) is 1. The maximum atomic E-state index is 6.05. The summed E-state index contributed by atoms with van der Waals surface area (Å²) in [6.45, 7) is 15.1. The monoisotopic (exact) mass is 639 g/mol. The molecule has 0 saturated carbocycles. The Bertz CT molecular complexity index is 2270. The van der Waals surface area contributed by atoms with Gasteiger partial charge in [-0.2, -0.15) is 0 Å². The molecule has 244 valence electrons. The highest BCUT2D eigenvalue weighted by Crippen LogP contribution is 2.37. The van der Waals surface area contributed by atoms with Crippen molar-refractivity contribution in [2.45, 2.75) is 20.3 Å². The highest BCUT2D eigenvalue weighted by atomic mass is 15.0. The molecule has 0 amide bonds. The molecule has 3 heteroatoms. The molecule has 0 fully saturated rings. The third kappa shape index (κ3) is 7.75. The van der Waals surface area contributed by atoms with Gasteiger partial charge in [0, 0.05) is 34.7 Å². The van der Waals surface area contributed by atoms with Crippen molar-refractivity contribution in [2.75, 3.05) is 11.1 Å². The Morgan fingerprint density at radius 2 is 1.41 bits per heavy atom. The van der Waals surface area contributed by atoms with Crippen LogP contribution in [0.15, 0.2) is 165 Å². The molecule has 0 aliphatic carbocycles. The van der Waals surface area contributed by atoms with E-state index in [0.717, 1.165) is 34.6 Å². The number of para-hydroxylation sites is 3. The van der Waals surface area contributed by atoms with E-state index in [1.54, 1.807) is 6.08 Å². The number of nitrogens with one attached hydrogen (secondary N) is 1. The number of aryl methyl sites for hydroxylation is 1. The average molecular weight is 640 g/mol. The predicted octanol–water partition coefficient (Wildman–Crippen LogP) is 12.5. The minimum atomic E-state index is 0.853. The first kappa shape index (κ1) is 34.3. The number of nitrogens with zero attached hydrogens (tertiary/aromatic N) is 1. The molecule has 0 bridgehead atoms. The van der Waals surface area contributed by atoms with Crippen LogP contribution >= 0.6 is 0 Å². The van der Waals surface area contributed by atoms with E-state index in [4.69, 9.17) is 5.73 Å². The first-order valence-electron chi connectivity index (χ1n) is 16.6. The zero-order valence-electron chi connectivity index (χ0n) is 28.8. The minimum absolute atomic E-state index is 0.853. The van der Waals surface area contributed by atoms with E-state index in [-0.39, 0.29) is 0 Å². The Balaban J connectivity index is 0.000000177. The quantitative estimate of drug-likeness (QED) is 0.104. The van der Waals surface area contributed by atoms with Gasteiger partial charge < -0.3 is 15.6 Å². The second kappa shape index (κ2) is 16.2. The Kier molecular flexibility index (Phi) is 11.3. The van der Waals surface area contributed by atoms with Crippen molar-refractivity contribution in [2.24, 2.45) is 7.05 Å². The molecule has 0 aliphatic heterocycles. The van der Waals surface area contributed by atoms with Crippen molar-refractivity contribution in [3.63, 3.8) is 0 Å². The van der Waals surface area contributed by atoms with Crippen molar-refractivity contribution in [3.8, 4) is 0 Å². The standard InChI is InChI=1S/C22H21N.C21H18N2.C3H6/c1-3-17(4-2)19-12-11-18-13-16(9-10-20(18)15-19)14-21-7-5-6-8-22(21)23;1-3-15-13-14-18-17-11-7-8-12-19(17)23(2)21(18)20(15)22-16-9-5-4-6-10-16;1-3-2/h3-13,15H,1,14,23H2,2H3;3-14,22H,1H2,2H3;3H,1H2,2H3/b17-4+;;. The predicted molar refractivity (Wildman–Crippen MR) is 218 cm³/mol. The highest BCUT2D eigenvalue weighted by Gasteiger charge is 2.14. The van der Waals surface area contributed by atoms with Crippen LogP contribution in [0.2, 0.25) is 0 Å². The van der Waals surface area contributed by atoms with Gasteiger partial charge in [-0.25, -0.2) is 0 Å². The molecule has 0 spiro atoms. The van der Waals surface area contributed by atoms with E-state index in [1.165, 1.54) is 49.3 Å². The summed E-state index contributed by atoms with van der Waals surface area (Å²) >= 11 is 0. The van der Waals surface area contributed by atoms with Crippen molar-refractivity contribution >= 4 is 61.3 Å². The summed E-state index contributed by atoms with van der Waals surface area (Å²) in [6.07, 6.45) is 8.49. The number of anilines is 3. The molecule has 7 aromatic rings. The fourth-order valence-corrected chi connectivity index (χ4v) is 6.16. The summed E-state index contributed by atoms with van der Waals surface area (Å²) < 4.78 is 2.25.